The maximum Gasteiger partial charge on any atom is 0.310 e. The minimum absolute atomic E-state index is 0.0547. The highest BCUT2D eigenvalue weighted by molar-refractivity contribution is 5.81. The Bertz CT molecular complexity index is 533. The van der Waals surface area contributed by atoms with E-state index in [0.717, 1.165) is 38.3 Å². The van der Waals surface area contributed by atoms with Gasteiger partial charge >= 0.3 is 5.97 Å². The monoisotopic (exact) mass is 332 g/mol. The van der Waals surface area contributed by atoms with Gasteiger partial charge in [0.25, 0.3) is 0 Å². The van der Waals surface area contributed by atoms with Crippen molar-refractivity contribution < 1.29 is 9.53 Å². The molecular weight excluding hydrogens is 304 g/mol. The first-order valence-corrected chi connectivity index (χ1v) is 8.83. The van der Waals surface area contributed by atoms with E-state index in [1.54, 1.807) is 6.20 Å². The van der Waals surface area contributed by atoms with Crippen molar-refractivity contribution >= 4 is 11.9 Å². The molecule has 0 amide bonds. The van der Waals surface area contributed by atoms with E-state index in [-0.39, 0.29) is 11.9 Å². The van der Waals surface area contributed by atoms with Gasteiger partial charge in [0.05, 0.1) is 12.5 Å². The molecular formula is C18H28N4O2. The molecule has 0 bridgehead atoms. The molecule has 0 spiro atoms. The van der Waals surface area contributed by atoms with Gasteiger partial charge in [-0.1, -0.05) is 6.07 Å². The number of esters is 1. The van der Waals surface area contributed by atoms with Crippen molar-refractivity contribution in [3.8, 4) is 0 Å². The summed E-state index contributed by atoms with van der Waals surface area (Å²) in [5.74, 6) is 0.740. The summed E-state index contributed by atoms with van der Waals surface area (Å²) in [4.78, 5) is 23.0. The van der Waals surface area contributed by atoms with E-state index in [0.29, 0.717) is 19.7 Å². The highest BCUT2D eigenvalue weighted by Crippen LogP contribution is 2.18. The second-order valence-electron chi connectivity index (χ2n) is 5.88. The number of carbonyl (C=O) groups is 1. The first-order valence-electron chi connectivity index (χ1n) is 8.83. The maximum absolute atomic E-state index is 12.0. The molecule has 1 saturated heterocycles. The summed E-state index contributed by atoms with van der Waals surface area (Å²) < 4.78 is 5.18. The van der Waals surface area contributed by atoms with E-state index in [1.165, 1.54) is 5.56 Å². The number of rotatable bonds is 6. The molecule has 1 fully saturated rings. The smallest absolute Gasteiger partial charge is 0.310 e. The molecule has 2 heterocycles. The third kappa shape index (κ3) is 5.51. The fourth-order valence-electron chi connectivity index (χ4n) is 2.88. The predicted octanol–water partition coefficient (Wildman–Crippen LogP) is 1.86. The molecule has 6 heteroatoms. The van der Waals surface area contributed by atoms with E-state index in [4.69, 9.17) is 9.73 Å². The van der Waals surface area contributed by atoms with E-state index in [9.17, 15) is 4.79 Å². The average Bonchev–Trinajstić information content (AvgIpc) is 2.62. The molecule has 132 valence electrons. The number of hydrogen-bond acceptors (Lipinski definition) is 4. The lowest BCUT2D eigenvalue weighted by atomic mass is 9.98. The third-order valence-corrected chi connectivity index (χ3v) is 4.06. The minimum Gasteiger partial charge on any atom is -0.466 e. The lowest BCUT2D eigenvalue weighted by molar-refractivity contribution is -0.149. The Labute approximate surface area is 144 Å². The fourth-order valence-corrected chi connectivity index (χ4v) is 2.88. The van der Waals surface area contributed by atoms with Crippen LogP contribution in [0.15, 0.2) is 29.5 Å². The van der Waals surface area contributed by atoms with Gasteiger partial charge in [0, 0.05) is 38.6 Å². The van der Waals surface area contributed by atoms with Crippen LogP contribution in [0.3, 0.4) is 0 Å². The third-order valence-electron chi connectivity index (χ3n) is 4.06. The molecule has 24 heavy (non-hydrogen) atoms. The highest BCUT2D eigenvalue weighted by Gasteiger charge is 2.28. The average molecular weight is 332 g/mol. The summed E-state index contributed by atoms with van der Waals surface area (Å²) in [6.45, 7) is 7.47. The van der Waals surface area contributed by atoms with Gasteiger partial charge in [-0.25, -0.2) is 0 Å². The molecule has 1 atom stereocenters. The highest BCUT2D eigenvalue weighted by atomic mass is 16.5. The summed E-state index contributed by atoms with van der Waals surface area (Å²) >= 11 is 0. The molecule has 0 aromatic carbocycles. The molecule has 1 N–H and O–H groups in total. The Morgan fingerprint density at radius 1 is 1.50 bits per heavy atom. The summed E-state index contributed by atoms with van der Waals surface area (Å²) in [7, 11) is 0. The van der Waals surface area contributed by atoms with Crippen LogP contribution in [0.25, 0.3) is 0 Å². The predicted molar refractivity (Wildman–Crippen MR) is 94.8 cm³/mol. The fraction of sp³-hybridized carbons (Fsp3) is 0.611. The molecule has 6 nitrogen and oxygen atoms in total. The number of carbonyl (C=O) groups excluding carboxylic acids is 1. The zero-order valence-corrected chi connectivity index (χ0v) is 14.7. The Morgan fingerprint density at radius 2 is 2.38 bits per heavy atom. The maximum atomic E-state index is 12.0. The number of guanidine groups is 1. The summed E-state index contributed by atoms with van der Waals surface area (Å²) in [5.41, 5.74) is 1.18. The van der Waals surface area contributed by atoms with Crippen LogP contribution in [0, 0.1) is 5.92 Å². The second kappa shape index (κ2) is 9.90. The number of aromatic nitrogens is 1. The zero-order valence-electron chi connectivity index (χ0n) is 14.7. The Hall–Kier alpha value is -2.11. The minimum atomic E-state index is -0.0894. The number of hydrogen-bond donors (Lipinski definition) is 1. The van der Waals surface area contributed by atoms with E-state index >= 15 is 0 Å². The van der Waals surface area contributed by atoms with Crippen LogP contribution in [0.5, 0.6) is 0 Å². The van der Waals surface area contributed by atoms with Gasteiger partial charge in [-0.3, -0.25) is 14.8 Å². The molecule has 1 aliphatic heterocycles. The van der Waals surface area contributed by atoms with Gasteiger partial charge in [-0.15, -0.1) is 0 Å². The summed E-state index contributed by atoms with van der Waals surface area (Å²) in [6.07, 6.45) is 6.39. The van der Waals surface area contributed by atoms with Crippen molar-refractivity contribution in [2.24, 2.45) is 10.9 Å². The van der Waals surface area contributed by atoms with Crippen molar-refractivity contribution in [3.05, 3.63) is 30.1 Å². The topological polar surface area (TPSA) is 66.8 Å². The molecule has 1 aromatic heterocycles. The molecule has 0 radical (unpaired) electrons. The van der Waals surface area contributed by atoms with Gasteiger partial charge in [0.1, 0.15) is 0 Å². The second-order valence-corrected chi connectivity index (χ2v) is 5.88. The van der Waals surface area contributed by atoms with Crippen LogP contribution < -0.4 is 5.32 Å². The Balaban J connectivity index is 1.95. The van der Waals surface area contributed by atoms with E-state index in [1.807, 2.05) is 19.2 Å². The van der Waals surface area contributed by atoms with Crippen LogP contribution in [0.1, 0.15) is 32.3 Å². The number of nitrogens with one attached hydrogen (secondary N) is 1. The Morgan fingerprint density at radius 3 is 3.08 bits per heavy atom. The molecule has 1 unspecified atom stereocenters. The van der Waals surface area contributed by atoms with Crippen LogP contribution in [-0.2, 0) is 16.0 Å². The number of likely N-dealkylation sites (tertiary alicyclic amines) is 1. The quantitative estimate of drug-likeness (QED) is 0.489. The Kier molecular flexibility index (Phi) is 7.52. The van der Waals surface area contributed by atoms with Crippen LogP contribution in [0.2, 0.25) is 0 Å². The zero-order chi connectivity index (χ0) is 17.2. The van der Waals surface area contributed by atoms with Gasteiger partial charge in [-0.05, 0) is 44.7 Å². The van der Waals surface area contributed by atoms with Crippen LogP contribution >= 0.6 is 0 Å². The number of aliphatic imine (C=N–C) groups is 1. The van der Waals surface area contributed by atoms with Gasteiger partial charge < -0.3 is 15.0 Å². The number of nitrogens with zero attached hydrogens (tertiary/aromatic N) is 3. The number of ether oxygens (including phenoxy) is 1. The van der Waals surface area contributed by atoms with Crippen molar-refractivity contribution in [1.29, 1.82) is 0 Å². The standard InChI is InChI=1S/C18H28N4O2/c1-3-20-18(21-11-9-15-7-5-10-19-13-15)22-12-6-8-16(14-22)17(23)24-4-2/h5,7,10,13,16H,3-4,6,8-9,11-12,14H2,1-2H3,(H,20,21). The van der Waals surface area contributed by atoms with Gasteiger partial charge in [0.2, 0.25) is 0 Å². The van der Waals surface area contributed by atoms with Crippen LogP contribution in [0.4, 0.5) is 0 Å². The number of pyridine rings is 1. The van der Waals surface area contributed by atoms with E-state index < -0.39 is 0 Å². The van der Waals surface area contributed by atoms with Gasteiger partial charge in [0.15, 0.2) is 5.96 Å². The lowest BCUT2D eigenvalue weighted by Gasteiger charge is -2.34. The number of piperidine rings is 1. The summed E-state index contributed by atoms with van der Waals surface area (Å²) in [5, 5.41) is 3.34. The first kappa shape index (κ1) is 18.2. The molecule has 0 aliphatic carbocycles. The molecule has 1 aromatic rings. The molecule has 0 saturated carbocycles. The van der Waals surface area contributed by atoms with Crippen molar-refractivity contribution in [3.63, 3.8) is 0 Å². The van der Waals surface area contributed by atoms with Gasteiger partial charge in [-0.2, -0.15) is 0 Å². The first-order chi connectivity index (χ1) is 11.7. The van der Waals surface area contributed by atoms with Crippen molar-refractivity contribution in [1.82, 2.24) is 15.2 Å². The van der Waals surface area contributed by atoms with Crippen molar-refractivity contribution in [2.75, 3.05) is 32.8 Å². The SMILES string of the molecule is CCNC(=NCCc1cccnc1)N1CCCC(C(=O)OCC)C1. The summed E-state index contributed by atoms with van der Waals surface area (Å²) in [6, 6.07) is 4.01. The molecule has 2 rings (SSSR count). The molecule has 1 aliphatic rings. The van der Waals surface area contributed by atoms with E-state index in [2.05, 4.69) is 28.2 Å². The lowest BCUT2D eigenvalue weighted by Crippen LogP contribution is -2.48. The van der Waals surface area contributed by atoms with Crippen LogP contribution in [-0.4, -0.2) is 54.6 Å². The normalized spacial score (nSPS) is 18.3. The largest absolute Gasteiger partial charge is 0.466 e. The van der Waals surface area contributed by atoms with Crippen molar-refractivity contribution in [2.45, 2.75) is 33.1 Å².